The summed E-state index contributed by atoms with van der Waals surface area (Å²) in [5.74, 6) is -0.885. The number of benzene rings is 1. The molecule has 1 unspecified atom stereocenters. The number of carboxylic acid groups (broad SMARTS) is 1. The molecule has 0 aliphatic carbocycles. The number of para-hydroxylation sites is 1. The fourth-order valence-corrected chi connectivity index (χ4v) is 2.49. The van der Waals surface area contributed by atoms with Crippen LogP contribution in [0.4, 0.5) is 5.69 Å². The monoisotopic (exact) mass is 278 g/mol. The number of nitro groups is 1. The SMILES string of the molecule is CC(C(=O)O)C1CN(CCc2ccccc2[N+](=O)[O-])C1. The van der Waals surface area contributed by atoms with Crippen molar-refractivity contribution in [2.24, 2.45) is 11.8 Å². The topological polar surface area (TPSA) is 83.7 Å². The molecule has 0 bridgehead atoms. The van der Waals surface area contributed by atoms with Crippen LogP contribution in [-0.4, -0.2) is 40.5 Å². The average molecular weight is 278 g/mol. The van der Waals surface area contributed by atoms with Gasteiger partial charge in [0.15, 0.2) is 0 Å². The summed E-state index contributed by atoms with van der Waals surface area (Å²) in [5, 5.41) is 19.8. The molecule has 1 fully saturated rings. The molecule has 20 heavy (non-hydrogen) atoms. The maximum Gasteiger partial charge on any atom is 0.306 e. The summed E-state index contributed by atoms with van der Waals surface area (Å²) < 4.78 is 0. The number of hydrogen-bond donors (Lipinski definition) is 1. The van der Waals surface area contributed by atoms with Gasteiger partial charge in [0.25, 0.3) is 5.69 Å². The maximum atomic E-state index is 10.9. The van der Waals surface area contributed by atoms with E-state index in [-0.39, 0.29) is 22.4 Å². The van der Waals surface area contributed by atoms with Crippen LogP contribution in [-0.2, 0) is 11.2 Å². The zero-order valence-corrected chi connectivity index (χ0v) is 11.4. The Morgan fingerprint density at radius 1 is 1.50 bits per heavy atom. The van der Waals surface area contributed by atoms with E-state index >= 15 is 0 Å². The second kappa shape index (κ2) is 6.00. The van der Waals surface area contributed by atoms with Gasteiger partial charge in [-0.05, 0) is 12.3 Å². The largest absolute Gasteiger partial charge is 0.481 e. The Bertz CT molecular complexity index is 512. The van der Waals surface area contributed by atoms with Crippen LogP contribution in [0, 0.1) is 22.0 Å². The Labute approximate surface area is 117 Å². The lowest BCUT2D eigenvalue weighted by molar-refractivity contribution is -0.385. The molecule has 1 aliphatic rings. The Balaban J connectivity index is 1.84. The molecule has 1 aromatic carbocycles. The van der Waals surface area contributed by atoms with E-state index in [1.54, 1.807) is 25.1 Å². The van der Waals surface area contributed by atoms with Crippen LogP contribution in [0.3, 0.4) is 0 Å². The lowest BCUT2D eigenvalue weighted by Gasteiger charge is -2.41. The van der Waals surface area contributed by atoms with Crippen molar-refractivity contribution in [1.29, 1.82) is 0 Å². The molecule has 1 aliphatic heterocycles. The summed E-state index contributed by atoms with van der Waals surface area (Å²) in [6, 6.07) is 6.75. The minimum atomic E-state index is -0.756. The summed E-state index contributed by atoms with van der Waals surface area (Å²) >= 11 is 0. The van der Waals surface area contributed by atoms with Gasteiger partial charge in [0.05, 0.1) is 10.8 Å². The molecule has 0 amide bonds. The van der Waals surface area contributed by atoms with E-state index < -0.39 is 5.97 Å². The van der Waals surface area contributed by atoms with Crippen LogP contribution in [0.2, 0.25) is 0 Å². The van der Waals surface area contributed by atoms with E-state index in [4.69, 9.17) is 5.11 Å². The van der Waals surface area contributed by atoms with Crippen LogP contribution in [0.1, 0.15) is 12.5 Å². The van der Waals surface area contributed by atoms with Gasteiger partial charge >= 0.3 is 5.97 Å². The Hall–Kier alpha value is -1.95. The van der Waals surface area contributed by atoms with Gasteiger partial charge in [-0.25, -0.2) is 0 Å². The third-order valence-corrected chi connectivity index (χ3v) is 3.97. The molecule has 108 valence electrons. The molecule has 1 aromatic rings. The molecule has 6 nitrogen and oxygen atoms in total. The van der Waals surface area contributed by atoms with Gasteiger partial charge in [-0.15, -0.1) is 0 Å². The highest BCUT2D eigenvalue weighted by atomic mass is 16.6. The zero-order chi connectivity index (χ0) is 14.7. The van der Waals surface area contributed by atoms with Gasteiger partial charge in [-0.1, -0.05) is 25.1 Å². The Kier molecular flexibility index (Phi) is 4.34. The van der Waals surface area contributed by atoms with Gasteiger partial charge < -0.3 is 10.0 Å². The first-order valence-corrected chi connectivity index (χ1v) is 6.66. The highest BCUT2D eigenvalue weighted by Crippen LogP contribution is 2.25. The van der Waals surface area contributed by atoms with Gasteiger partial charge in [0, 0.05) is 31.3 Å². The molecule has 2 rings (SSSR count). The van der Waals surface area contributed by atoms with E-state index in [9.17, 15) is 14.9 Å². The quantitative estimate of drug-likeness (QED) is 0.633. The van der Waals surface area contributed by atoms with Crippen LogP contribution in [0.5, 0.6) is 0 Å². The molecule has 0 saturated carbocycles. The van der Waals surface area contributed by atoms with Crippen molar-refractivity contribution in [3.63, 3.8) is 0 Å². The molecule has 1 heterocycles. The third-order valence-electron chi connectivity index (χ3n) is 3.97. The number of rotatable bonds is 6. The van der Waals surface area contributed by atoms with Crippen LogP contribution in [0.25, 0.3) is 0 Å². The smallest absolute Gasteiger partial charge is 0.306 e. The first-order chi connectivity index (χ1) is 9.49. The van der Waals surface area contributed by atoms with Crippen LogP contribution < -0.4 is 0 Å². The summed E-state index contributed by atoms with van der Waals surface area (Å²) in [6.07, 6.45) is 0.616. The van der Waals surface area contributed by atoms with E-state index in [1.807, 2.05) is 0 Å². The van der Waals surface area contributed by atoms with Gasteiger partial charge in [0.1, 0.15) is 0 Å². The molecule has 6 heteroatoms. The van der Waals surface area contributed by atoms with E-state index in [0.717, 1.165) is 25.2 Å². The van der Waals surface area contributed by atoms with Crippen LogP contribution >= 0.6 is 0 Å². The predicted molar refractivity (Wildman–Crippen MR) is 73.5 cm³/mol. The number of carboxylic acids is 1. The van der Waals surface area contributed by atoms with Crippen molar-refractivity contribution < 1.29 is 14.8 Å². The van der Waals surface area contributed by atoms with Crippen molar-refractivity contribution >= 4 is 11.7 Å². The minimum absolute atomic E-state index is 0.156. The highest BCUT2D eigenvalue weighted by molar-refractivity contribution is 5.70. The van der Waals surface area contributed by atoms with E-state index in [2.05, 4.69) is 4.90 Å². The van der Waals surface area contributed by atoms with Crippen molar-refractivity contribution in [1.82, 2.24) is 4.90 Å². The number of carbonyl (C=O) groups is 1. The molecular weight excluding hydrogens is 260 g/mol. The standard InChI is InChI=1S/C14H18N2O4/c1-10(14(17)18)12-8-15(9-12)7-6-11-4-2-3-5-13(11)16(19)20/h2-5,10,12H,6-9H2,1H3,(H,17,18). The average Bonchev–Trinajstić information content (AvgIpc) is 2.36. The normalized spacial score (nSPS) is 17.4. The van der Waals surface area contributed by atoms with Crippen molar-refractivity contribution in [2.45, 2.75) is 13.3 Å². The Morgan fingerprint density at radius 2 is 2.15 bits per heavy atom. The van der Waals surface area contributed by atoms with Gasteiger partial charge in [0.2, 0.25) is 0 Å². The van der Waals surface area contributed by atoms with Gasteiger partial charge in [-0.2, -0.15) is 0 Å². The maximum absolute atomic E-state index is 10.9. The molecular formula is C14H18N2O4. The van der Waals surface area contributed by atoms with Crippen molar-refractivity contribution in [2.75, 3.05) is 19.6 Å². The Morgan fingerprint density at radius 3 is 2.75 bits per heavy atom. The number of likely N-dealkylation sites (tertiary alicyclic amines) is 1. The lowest BCUT2D eigenvalue weighted by Crippen LogP contribution is -2.51. The fourth-order valence-electron chi connectivity index (χ4n) is 2.49. The first-order valence-electron chi connectivity index (χ1n) is 6.66. The molecule has 1 saturated heterocycles. The van der Waals surface area contributed by atoms with E-state index in [0.29, 0.717) is 6.42 Å². The van der Waals surface area contributed by atoms with Crippen molar-refractivity contribution in [3.8, 4) is 0 Å². The summed E-state index contributed by atoms with van der Waals surface area (Å²) in [4.78, 5) is 23.5. The molecule has 1 N–H and O–H groups in total. The zero-order valence-electron chi connectivity index (χ0n) is 11.4. The third kappa shape index (κ3) is 3.14. The van der Waals surface area contributed by atoms with Crippen LogP contribution in [0.15, 0.2) is 24.3 Å². The van der Waals surface area contributed by atoms with E-state index in [1.165, 1.54) is 6.07 Å². The van der Waals surface area contributed by atoms with Gasteiger partial charge in [-0.3, -0.25) is 14.9 Å². The number of hydrogen-bond acceptors (Lipinski definition) is 4. The summed E-state index contributed by atoms with van der Waals surface area (Å²) in [5.41, 5.74) is 0.885. The number of aliphatic carboxylic acids is 1. The highest BCUT2D eigenvalue weighted by Gasteiger charge is 2.34. The molecule has 1 atom stereocenters. The fraction of sp³-hybridized carbons (Fsp3) is 0.500. The predicted octanol–water partition coefficient (Wildman–Crippen LogP) is 1.79. The summed E-state index contributed by atoms with van der Waals surface area (Å²) in [7, 11) is 0. The minimum Gasteiger partial charge on any atom is -0.481 e. The second-order valence-electron chi connectivity index (χ2n) is 5.28. The first kappa shape index (κ1) is 14.5. The van der Waals surface area contributed by atoms with Crippen molar-refractivity contribution in [3.05, 3.63) is 39.9 Å². The summed E-state index contributed by atoms with van der Waals surface area (Å²) in [6.45, 7) is 3.97. The molecule has 0 aromatic heterocycles. The second-order valence-corrected chi connectivity index (χ2v) is 5.28. The number of nitrogens with zero attached hydrogens (tertiary/aromatic N) is 2. The lowest BCUT2D eigenvalue weighted by atomic mass is 9.87. The molecule has 0 radical (unpaired) electrons. The number of nitro benzene ring substituents is 1. The molecule has 0 spiro atoms.